The second kappa shape index (κ2) is 6.39. The molecule has 0 bridgehead atoms. The van der Waals surface area contributed by atoms with E-state index in [-0.39, 0.29) is 5.91 Å². The van der Waals surface area contributed by atoms with E-state index in [2.05, 4.69) is 17.3 Å². The molecule has 1 aromatic rings. The molecule has 17 heavy (non-hydrogen) atoms. The minimum Gasteiger partial charge on any atom is -0.345 e. The van der Waals surface area contributed by atoms with Gasteiger partial charge in [0, 0.05) is 26.7 Å². The third-order valence-corrected chi connectivity index (χ3v) is 2.77. The molecule has 0 aromatic carbocycles. The molecular formula is C12H22N4O. The van der Waals surface area contributed by atoms with Gasteiger partial charge in [-0.05, 0) is 26.8 Å². The Kier molecular flexibility index (Phi) is 5.15. The van der Waals surface area contributed by atoms with Crippen molar-refractivity contribution in [2.24, 2.45) is 0 Å². The van der Waals surface area contributed by atoms with Crippen molar-refractivity contribution >= 4 is 5.91 Å². The molecule has 5 heteroatoms. The number of nitrogens with one attached hydrogen (secondary N) is 1. The Morgan fingerprint density at radius 2 is 2.24 bits per heavy atom. The zero-order valence-electron chi connectivity index (χ0n) is 11.2. The molecule has 0 aliphatic heterocycles. The summed E-state index contributed by atoms with van der Waals surface area (Å²) in [5.74, 6) is 0.117. The number of nitrogens with zero attached hydrogens (tertiary/aromatic N) is 3. The lowest BCUT2D eigenvalue weighted by Crippen LogP contribution is -2.35. The van der Waals surface area contributed by atoms with Crippen molar-refractivity contribution in [3.05, 3.63) is 17.5 Å². The Bertz CT molecular complexity index is 373. The van der Waals surface area contributed by atoms with Gasteiger partial charge in [-0.1, -0.05) is 0 Å². The number of rotatable bonds is 6. The Morgan fingerprint density at radius 1 is 1.53 bits per heavy atom. The molecule has 0 saturated carbocycles. The number of aryl methyl sites for hydroxylation is 2. The standard InChI is InChI=1S/C12H22N4O/c1-5-15(4)12(17)9-13-8-11-7-10(3)14-16(11)6-2/h7,13H,5-6,8-9H2,1-4H3. The summed E-state index contributed by atoms with van der Waals surface area (Å²) in [6.45, 7) is 8.65. The van der Waals surface area contributed by atoms with Crippen LogP contribution in [0.1, 0.15) is 25.2 Å². The first-order valence-corrected chi connectivity index (χ1v) is 6.06. The van der Waals surface area contributed by atoms with Gasteiger partial charge in [0.25, 0.3) is 0 Å². The van der Waals surface area contributed by atoms with Gasteiger partial charge in [0.05, 0.1) is 17.9 Å². The first-order chi connectivity index (χ1) is 8.08. The monoisotopic (exact) mass is 238 g/mol. The van der Waals surface area contributed by atoms with Gasteiger partial charge in [0.15, 0.2) is 0 Å². The molecule has 5 nitrogen and oxygen atoms in total. The van der Waals surface area contributed by atoms with E-state index in [1.54, 1.807) is 4.90 Å². The highest BCUT2D eigenvalue weighted by Gasteiger charge is 2.07. The largest absolute Gasteiger partial charge is 0.345 e. The third-order valence-electron chi connectivity index (χ3n) is 2.77. The van der Waals surface area contributed by atoms with Crippen molar-refractivity contribution in [3.8, 4) is 0 Å². The van der Waals surface area contributed by atoms with Crippen LogP contribution in [0, 0.1) is 6.92 Å². The molecular weight excluding hydrogens is 216 g/mol. The summed E-state index contributed by atoms with van der Waals surface area (Å²) < 4.78 is 1.95. The number of hydrogen-bond acceptors (Lipinski definition) is 3. The van der Waals surface area contributed by atoms with Gasteiger partial charge in [0.2, 0.25) is 5.91 Å². The topological polar surface area (TPSA) is 50.2 Å². The molecule has 0 aliphatic rings. The zero-order valence-corrected chi connectivity index (χ0v) is 11.2. The summed E-state index contributed by atoms with van der Waals surface area (Å²) in [5.41, 5.74) is 2.14. The van der Waals surface area contributed by atoms with Crippen molar-refractivity contribution in [1.82, 2.24) is 20.0 Å². The van der Waals surface area contributed by atoms with Crippen molar-refractivity contribution in [2.45, 2.75) is 33.9 Å². The average Bonchev–Trinajstić information content (AvgIpc) is 2.68. The molecule has 0 saturated heterocycles. The predicted octanol–water partition coefficient (Wildman–Crippen LogP) is 0.779. The number of hydrogen-bond donors (Lipinski definition) is 1. The number of likely N-dealkylation sites (N-methyl/N-ethyl adjacent to an activating group) is 1. The number of amides is 1. The zero-order chi connectivity index (χ0) is 12.8. The van der Waals surface area contributed by atoms with Crippen LogP contribution < -0.4 is 5.32 Å². The fourth-order valence-electron chi connectivity index (χ4n) is 1.62. The van der Waals surface area contributed by atoms with Gasteiger partial charge in [-0.2, -0.15) is 5.10 Å². The van der Waals surface area contributed by atoms with Crippen LogP contribution in [0.15, 0.2) is 6.07 Å². The average molecular weight is 238 g/mol. The van der Waals surface area contributed by atoms with Crippen LogP contribution in [0.4, 0.5) is 0 Å². The van der Waals surface area contributed by atoms with E-state index in [0.29, 0.717) is 13.1 Å². The smallest absolute Gasteiger partial charge is 0.236 e. The highest BCUT2D eigenvalue weighted by Crippen LogP contribution is 2.02. The number of carbonyl (C=O) groups excluding carboxylic acids is 1. The fraction of sp³-hybridized carbons (Fsp3) is 0.667. The molecule has 0 unspecified atom stereocenters. The third kappa shape index (κ3) is 3.85. The van der Waals surface area contributed by atoms with Gasteiger partial charge in [0.1, 0.15) is 0 Å². The van der Waals surface area contributed by atoms with Crippen LogP contribution in [0.25, 0.3) is 0 Å². The first kappa shape index (κ1) is 13.7. The molecule has 96 valence electrons. The molecule has 1 aromatic heterocycles. The highest BCUT2D eigenvalue weighted by molar-refractivity contribution is 5.77. The molecule has 1 amide bonds. The molecule has 0 atom stereocenters. The number of carbonyl (C=O) groups is 1. The van der Waals surface area contributed by atoms with Crippen molar-refractivity contribution in [1.29, 1.82) is 0 Å². The summed E-state index contributed by atoms with van der Waals surface area (Å²) in [6, 6.07) is 2.05. The first-order valence-electron chi connectivity index (χ1n) is 6.06. The van der Waals surface area contributed by atoms with Gasteiger partial charge in [-0.15, -0.1) is 0 Å². The maximum absolute atomic E-state index is 11.6. The normalized spacial score (nSPS) is 10.6. The van der Waals surface area contributed by atoms with Crippen LogP contribution in [0.5, 0.6) is 0 Å². The van der Waals surface area contributed by atoms with E-state index in [0.717, 1.165) is 24.5 Å². The Balaban J connectivity index is 2.43. The summed E-state index contributed by atoms with van der Waals surface area (Å²) in [7, 11) is 1.81. The Labute approximate surface area is 103 Å². The van der Waals surface area contributed by atoms with E-state index in [4.69, 9.17) is 0 Å². The molecule has 0 radical (unpaired) electrons. The maximum Gasteiger partial charge on any atom is 0.236 e. The lowest BCUT2D eigenvalue weighted by molar-refractivity contribution is -0.128. The summed E-state index contributed by atoms with van der Waals surface area (Å²) in [5, 5.41) is 7.51. The second-order valence-electron chi connectivity index (χ2n) is 4.10. The molecule has 1 heterocycles. The minimum atomic E-state index is 0.117. The van der Waals surface area contributed by atoms with E-state index >= 15 is 0 Å². The second-order valence-corrected chi connectivity index (χ2v) is 4.10. The fourth-order valence-corrected chi connectivity index (χ4v) is 1.62. The van der Waals surface area contributed by atoms with E-state index in [9.17, 15) is 4.79 Å². The van der Waals surface area contributed by atoms with Crippen LogP contribution in [0.3, 0.4) is 0 Å². The SMILES string of the molecule is CCN(C)C(=O)CNCc1cc(C)nn1CC. The van der Waals surface area contributed by atoms with E-state index in [1.165, 1.54) is 0 Å². The maximum atomic E-state index is 11.6. The minimum absolute atomic E-state index is 0.117. The van der Waals surface area contributed by atoms with Gasteiger partial charge >= 0.3 is 0 Å². The lowest BCUT2D eigenvalue weighted by atomic mass is 10.3. The van der Waals surface area contributed by atoms with Gasteiger partial charge < -0.3 is 10.2 Å². The molecule has 1 N–H and O–H groups in total. The lowest BCUT2D eigenvalue weighted by Gasteiger charge is -2.14. The van der Waals surface area contributed by atoms with E-state index < -0.39 is 0 Å². The van der Waals surface area contributed by atoms with Crippen LogP contribution in [-0.2, 0) is 17.9 Å². The summed E-state index contributed by atoms with van der Waals surface area (Å²) in [4.78, 5) is 13.3. The highest BCUT2D eigenvalue weighted by atomic mass is 16.2. The van der Waals surface area contributed by atoms with Crippen LogP contribution in [-0.4, -0.2) is 40.7 Å². The molecule has 0 spiro atoms. The van der Waals surface area contributed by atoms with Crippen molar-refractivity contribution < 1.29 is 4.79 Å². The molecule has 0 aliphatic carbocycles. The molecule has 0 fully saturated rings. The Morgan fingerprint density at radius 3 is 2.82 bits per heavy atom. The summed E-state index contributed by atoms with van der Waals surface area (Å²) >= 11 is 0. The number of aromatic nitrogens is 2. The summed E-state index contributed by atoms with van der Waals surface area (Å²) in [6.07, 6.45) is 0. The molecule has 1 rings (SSSR count). The van der Waals surface area contributed by atoms with Gasteiger partial charge in [-0.25, -0.2) is 0 Å². The van der Waals surface area contributed by atoms with Crippen LogP contribution >= 0.6 is 0 Å². The predicted molar refractivity (Wildman–Crippen MR) is 67.7 cm³/mol. The van der Waals surface area contributed by atoms with Crippen molar-refractivity contribution in [2.75, 3.05) is 20.1 Å². The quantitative estimate of drug-likeness (QED) is 0.797. The Hall–Kier alpha value is -1.36. The van der Waals surface area contributed by atoms with E-state index in [1.807, 2.05) is 31.6 Å². The van der Waals surface area contributed by atoms with Crippen molar-refractivity contribution in [3.63, 3.8) is 0 Å². The van der Waals surface area contributed by atoms with Crippen LogP contribution in [0.2, 0.25) is 0 Å². The van der Waals surface area contributed by atoms with Gasteiger partial charge in [-0.3, -0.25) is 9.48 Å².